The number of nitrogens with zero attached hydrogens (tertiary/aromatic N) is 2. The molecule has 112 valence electrons. The minimum Gasteiger partial charge on any atom is -0.311 e. The van der Waals surface area contributed by atoms with Gasteiger partial charge in [0, 0.05) is 25.5 Å². The second-order valence-corrected chi connectivity index (χ2v) is 5.65. The van der Waals surface area contributed by atoms with Gasteiger partial charge in [-0.15, -0.1) is 0 Å². The fraction of sp³-hybridized carbons (Fsp3) is 0.412. The second-order valence-electron chi connectivity index (χ2n) is 5.65. The topological polar surface area (TPSA) is 46.9 Å². The van der Waals surface area contributed by atoms with Gasteiger partial charge in [-0.3, -0.25) is 4.79 Å². The fourth-order valence-electron chi connectivity index (χ4n) is 2.27. The lowest BCUT2D eigenvalue weighted by molar-refractivity contribution is -0.116. The van der Waals surface area contributed by atoms with E-state index in [-0.39, 0.29) is 5.91 Å². The van der Waals surface area contributed by atoms with Gasteiger partial charge < -0.3 is 5.32 Å². The van der Waals surface area contributed by atoms with Crippen molar-refractivity contribution in [2.24, 2.45) is 5.92 Å². The molecule has 4 nitrogen and oxygen atoms in total. The first-order valence-corrected chi connectivity index (χ1v) is 7.49. The molecule has 0 saturated heterocycles. The van der Waals surface area contributed by atoms with E-state index in [1.807, 2.05) is 49.7 Å². The van der Waals surface area contributed by atoms with Gasteiger partial charge in [-0.25, -0.2) is 4.68 Å². The molecule has 0 aliphatic carbocycles. The Hall–Kier alpha value is -2.10. The van der Waals surface area contributed by atoms with Crippen molar-refractivity contribution in [3.8, 4) is 0 Å². The molecule has 4 heteroatoms. The summed E-state index contributed by atoms with van der Waals surface area (Å²) in [5.74, 6) is 1.19. The van der Waals surface area contributed by atoms with Crippen LogP contribution in [0.4, 0.5) is 5.82 Å². The molecule has 0 atom stereocenters. The summed E-state index contributed by atoms with van der Waals surface area (Å²) in [6.45, 7) is 6.85. The van der Waals surface area contributed by atoms with E-state index in [4.69, 9.17) is 0 Å². The molecule has 1 amide bonds. The fourth-order valence-corrected chi connectivity index (χ4v) is 2.27. The molecule has 1 N–H and O–H groups in total. The molecule has 0 aliphatic rings. The number of benzene rings is 1. The van der Waals surface area contributed by atoms with Gasteiger partial charge in [0.15, 0.2) is 0 Å². The molecule has 0 saturated carbocycles. The molecular formula is C17H23N3O. The summed E-state index contributed by atoms with van der Waals surface area (Å²) in [6.07, 6.45) is 1.31. The van der Waals surface area contributed by atoms with Gasteiger partial charge in [0.2, 0.25) is 5.91 Å². The van der Waals surface area contributed by atoms with Crippen LogP contribution >= 0.6 is 0 Å². The van der Waals surface area contributed by atoms with Crippen LogP contribution in [0.15, 0.2) is 36.4 Å². The summed E-state index contributed by atoms with van der Waals surface area (Å²) >= 11 is 0. The molecule has 1 aromatic carbocycles. The third kappa shape index (κ3) is 4.45. The highest BCUT2D eigenvalue weighted by molar-refractivity contribution is 5.90. The molecule has 2 aromatic rings. The highest BCUT2D eigenvalue weighted by atomic mass is 16.1. The Morgan fingerprint density at radius 1 is 1.29 bits per heavy atom. The van der Waals surface area contributed by atoms with Crippen LogP contribution in [0.2, 0.25) is 0 Å². The van der Waals surface area contributed by atoms with Crippen molar-refractivity contribution in [2.75, 3.05) is 5.32 Å². The maximum atomic E-state index is 11.9. The second kappa shape index (κ2) is 7.07. The van der Waals surface area contributed by atoms with E-state index in [1.165, 1.54) is 5.56 Å². The highest BCUT2D eigenvalue weighted by Gasteiger charge is 2.11. The first-order valence-electron chi connectivity index (χ1n) is 7.49. The zero-order valence-corrected chi connectivity index (χ0v) is 13.0. The first kappa shape index (κ1) is 15.3. The van der Waals surface area contributed by atoms with E-state index in [0.717, 1.165) is 24.5 Å². The summed E-state index contributed by atoms with van der Waals surface area (Å²) in [7, 11) is 0. The number of carbonyl (C=O) groups is 1. The molecule has 2 rings (SSSR count). The summed E-state index contributed by atoms with van der Waals surface area (Å²) in [4.78, 5) is 11.9. The van der Waals surface area contributed by atoms with Crippen LogP contribution < -0.4 is 5.32 Å². The molecule has 1 aromatic heterocycles. The quantitative estimate of drug-likeness (QED) is 0.883. The van der Waals surface area contributed by atoms with Crippen LogP contribution in [0.25, 0.3) is 0 Å². The Morgan fingerprint density at radius 3 is 2.62 bits per heavy atom. The standard InChI is InChI=1S/C17H23N3O/c1-4-20-16(18-17(21)10-13(2)3)12-15(19-20)11-14-8-6-5-7-9-14/h5-9,12-13H,4,10-11H2,1-3H3,(H,18,21). The first-order chi connectivity index (χ1) is 10.1. The largest absolute Gasteiger partial charge is 0.311 e. The maximum Gasteiger partial charge on any atom is 0.225 e. The Kier molecular flexibility index (Phi) is 5.14. The van der Waals surface area contributed by atoms with Gasteiger partial charge in [0.05, 0.1) is 5.69 Å². The number of anilines is 1. The van der Waals surface area contributed by atoms with Crippen LogP contribution in [0, 0.1) is 5.92 Å². The van der Waals surface area contributed by atoms with Crippen LogP contribution in [-0.4, -0.2) is 15.7 Å². The molecule has 0 fully saturated rings. The Labute approximate surface area is 126 Å². The Bertz CT molecular complexity index is 587. The average molecular weight is 285 g/mol. The lowest BCUT2D eigenvalue weighted by atomic mass is 10.1. The number of carbonyl (C=O) groups excluding carboxylic acids is 1. The van der Waals surface area contributed by atoms with E-state index in [0.29, 0.717) is 12.3 Å². The number of aryl methyl sites for hydroxylation is 1. The minimum atomic E-state index is 0.0471. The van der Waals surface area contributed by atoms with Crippen LogP contribution in [0.5, 0.6) is 0 Å². The van der Waals surface area contributed by atoms with Crippen molar-refractivity contribution < 1.29 is 4.79 Å². The third-order valence-electron chi connectivity index (χ3n) is 3.22. The number of rotatable bonds is 6. The number of hydrogen-bond acceptors (Lipinski definition) is 2. The minimum absolute atomic E-state index is 0.0471. The average Bonchev–Trinajstić information content (AvgIpc) is 2.80. The lowest BCUT2D eigenvalue weighted by Gasteiger charge is -2.08. The van der Waals surface area contributed by atoms with Crippen molar-refractivity contribution in [1.29, 1.82) is 0 Å². The predicted molar refractivity (Wildman–Crippen MR) is 85.2 cm³/mol. The summed E-state index contributed by atoms with van der Waals surface area (Å²) < 4.78 is 1.84. The van der Waals surface area contributed by atoms with E-state index in [9.17, 15) is 4.79 Å². The van der Waals surface area contributed by atoms with Gasteiger partial charge in [-0.1, -0.05) is 44.2 Å². The molecule has 0 radical (unpaired) electrons. The van der Waals surface area contributed by atoms with E-state index < -0.39 is 0 Å². The van der Waals surface area contributed by atoms with Crippen molar-refractivity contribution in [2.45, 2.75) is 40.2 Å². The molecule has 1 heterocycles. The van der Waals surface area contributed by atoms with Crippen LogP contribution in [0.1, 0.15) is 38.4 Å². The zero-order valence-electron chi connectivity index (χ0n) is 13.0. The zero-order chi connectivity index (χ0) is 15.2. The van der Waals surface area contributed by atoms with E-state index in [1.54, 1.807) is 0 Å². The van der Waals surface area contributed by atoms with Crippen molar-refractivity contribution in [3.05, 3.63) is 47.7 Å². The van der Waals surface area contributed by atoms with Gasteiger partial charge in [-0.2, -0.15) is 5.10 Å². The number of aromatic nitrogens is 2. The highest BCUT2D eigenvalue weighted by Crippen LogP contribution is 2.15. The van der Waals surface area contributed by atoms with Crippen molar-refractivity contribution in [1.82, 2.24) is 9.78 Å². The molecular weight excluding hydrogens is 262 g/mol. The molecule has 0 bridgehead atoms. The van der Waals surface area contributed by atoms with Gasteiger partial charge in [0.1, 0.15) is 5.82 Å². The molecule has 21 heavy (non-hydrogen) atoms. The normalized spacial score (nSPS) is 10.9. The SMILES string of the molecule is CCn1nc(Cc2ccccc2)cc1NC(=O)CC(C)C. The van der Waals surface area contributed by atoms with E-state index >= 15 is 0 Å². The smallest absolute Gasteiger partial charge is 0.225 e. The van der Waals surface area contributed by atoms with Gasteiger partial charge >= 0.3 is 0 Å². The van der Waals surface area contributed by atoms with E-state index in [2.05, 4.69) is 22.5 Å². The third-order valence-corrected chi connectivity index (χ3v) is 3.22. The number of nitrogens with one attached hydrogen (secondary N) is 1. The molecule has 0 aliphatic heterocycles. The van der Waals surface area contributed by atoms with Crippen LogP contribution in [0.3, 0.4) is 0 Å². The number of hydrogen-bond donors (Lipinski definition) is 1. The van der Waals surface area contributed by atoms with Gasteiger partial charge in [-0.05, 0) is 18.4 Å². The molecule has 0 spiro atoms. The maximum absolute atomic E-state index is 11.9. The Balaban J connectivity index is 2.10. The van der Waals surface area contributed by atoms with Gasteiger partial charge in [0.25, 0.3) is 0 Å². The summed E-state index contributed by atoms with van der Waals surface area (Å²) in [5, 5.41) is 7.52. The molecule has 0 unspecified atom stereocenters. The monoisotopic (exact) mass is 285 g/mol. The van der Waals surface area contributed by atoms with Crippen molar-refractivity contribution in [3.63, 3.8) is 0 Å². The summed E-state index contributed by atoms with van der Waals surface area (Å²) in [5.41, 5.74) is 2.20. The lowest BCUT2D eigenvalue weighted by Crippen LogP contribution is -2.16. The summed E-state index contributed by atoms with van der Waals surface area (Å²) in [6, 6.07) is 12.2. The number of amides is 1. The van der Waals surface area contributed by atoms with Crippen molar-refractivity contribution >= 4 is 11.7 Å². The van der Waals surface area contributed by atoms with Crippen LogP contribution in [-0.2, 0) is 17.8 Å². The Morgan fingerprint density at radius 2 is 2.00 bits per heavy atom. The predicted octanol–water partition coefficient (Wildman–Crippen LogP) is 3.48.